The number of nitrogens with zero attached hydrogens (tertiary/aromatic N) is 3. The number of nitrogens with one attached hydrogen (secondary N) is 2. The lowest BCUT2D eigenvalue weighted by Gasteiger charge is -2.07. The van der Waals surface area contributed by atoms with Crippen LogP contribution in [0.15, 0.2) is 28.2 Å². The summed E-state index contributed by atoms with van der Waals surface area (Å²) in [6, 6.07) is 6.84. The first-order valence-electron chi connectivity index (χ1n) is 6.87. The molecule has 7 nitrogen and oxygen atoms in total. The van der Waals surface area contributed by atoms with Crippen LogP contribution in [0, 0.1) is 11.3 Å². The maximum absolute atomic E-state index is 12.1. The standard InChI is InChI=1S/C14H12ClN5O2S/c15-9-2-1-8(6-16)11(5-9)17-12(21)7-23-14-19-18-13(22)20(14)10-3-4-10/h1-2,5,10H,3-4,7H2,(H,17,21)(H,18,22). The lowest BCUT2D eigenvalue weighted by molar-refractivity contribution is -0.113. The Morgan fingerprint density at radius 1 is 1.57 bits per heavy atom. The Morgan fingerprint density at radius 3 is 3.04 bits per heavy atom. The van der Waals surface area contributed by atoms with Crippen LogP contribution >= 0.6 is 23.4 Å². The Bertz CT molecular complexity index is 850. The van der Waals surface area contributed by atoms with Crippen molar-refractivity contribution >= 4 is 35.0 Å². The third-order valence-electron chi connectivity index (χ3n) is 3.29. The highest BCUT2D eigenvalue weighted by atomic mass is 35.5. The van der Waals surface area contributed by atoms with Crippen LogP contribution in [0.4, 0.5) is 5.69 Å². The summed E-state index contributed by atoms with van der Waals surface area (Å²) in [5.41, 5.74) is 0.451. The van der Waals surface area contributed by atoms with E-state index in [0.29, 0.717) is 21.4 Å². The molecule has 0 spiro atoms. The van der Waals surface area contributed by atoms with Crippen molar-refractivity contribution in [1.29, 1.82) is 5.26 Å². The van der Waals surface area contributed by atoms with E-state index in [-0.39, 0.29) is 23.4 Å². The van der Waals surface area contributed by atoms with Gasteiger partial charge in [0.05, 0.1) is 17.0 Å². The average Bonchev–Trinajstić information content (AvgIpc) is 3.29. The Morgan fingerprint density at radius 2 is 2.35 bits per heavy atom. The van der Waals surface area contributed by atoms with Crippen LogP contribution in [0.2, 0.25) is 5.02 Å². The molecule has 1 heterocycles. The maximum atomic E-state index is 12.1. The predicted molar refractivity (Wildman–Crippen MR) is 86.6 cm³/mol. The van der Waals surface area contributed by atoms with Crippen LogP contribution < -0.4 is 11.0 Å². The van der Waals surface area contributed by atoms with Crippen LogP contribution in [-0.4, -0.2) is 26.4 Å². The van der Waals surface area contributed by atoms with Gasteiger partial charge >= 0.3 is 5.69 Å². The Labute approximate surface area is 140 Å². The van der Waals surface area contributed by atoms with Gasteiger partial charge < -0.3 is 5.32 Å². The topological polar surface area (TPSA) is 104 Å². The number of aromatic amines is 1. The van der Waals surface area contributed by atoms with Crippen molar-refractivity contribution in [3.8, 4) is 6.07 Å². The molecule has 1 saturated carbocycles. The summed E-state index contributed by atoms with van der Waals surface area (Å²) in [6.07, 6.45) is 1.90. The van der Waals surface area contributed by atoms with E-state index in [4.69, 9.17) is 16.9 Å². The van der Waals surface area contributed by atoms with Crippen molar-refractivity contribution in [3.63, 3.8) is 0 Å². The monoisotopic (exact) mass is 349 g/mol. The third-order valence-corrected chi connectivity index (χ3v) is 4.48. The predicted octanol–water partition coefficient (Wildman–Crippen LogP) is 2.16. The number of benzene rings is 1. The number of hydrogen-bond acceptors (Lipinski definition) is 5. The van der Waals surface area contributed by atoms with Gasteiger partial charge in [0.25, 0.3) is 0 Å². The molecule has 1 fully saturated rings. The maximum Gasteiger partial charge on any atom is 0.344 e. The zero-order valence-corrected chi connectivity index (χ0v) is 13.4. The van der Waals surface area contributed by atoms with E-state index in [0.717, 1.165) is 12.8 Å². The zero-order valence-electron chi connectivity index (χ0n) is 11.9. The van der Waals surface area contributed by atoms with E-state index in [2.05, 4.69) is 15.5 Å². The first-order valence-corrected chi connectivity index (χ1v) is 8.24. The van der Waals surface area contributed by atoms with Crippen LogP contribution in [0.25, 0.3) is 0 Å². The van der Waals surface area contributed by atoms with Gasteiger partial charge in [0.15, 0.2) is 5.16 Å². The molecule has 1 aromatic carbocycles. The molecule has 0 atom stereocenters. The number of aromatic nitrogens is 3. The minimum atomic E-state index is -0.299. The molecule has 2 N–H and O–H groups in total. The summed E-state index contributed by atoms with van der Waals surface area (Å²) in [5, 5.41) is 19.0. The van der Waals surface area contributed by atoms with Gasteiger partial charge in [0.1, 0.15) is 6.07 Å². The van der Waals surface area contributed by atoms with Gasteiger partial charge in [-0.2, -0.15) is 5.26 Å². The summed E-state index contributed by atoms with van der Waals surface area (Å²) in [6.45, 7) is 0. The van der Waals surface area contributed by atoms with E-state index in [1.807, 2.05) is 6.07 Å². The highest BCUT2D eigenvalue weighted by Gasteiger charge is 2.28. The molecule has 3 rings (SSSR count). The van der Waals surface area contributed by atoms with Gasteiger partial charge in [-0.1, -0.05) is 23.4 Å². The van der Waals surface area contributed by atoms with Crippen LogP contribution in [-0.2, 0) is 4.79 Å². The molecule has 9 heteroatoms. The second kappa shape index (κ2) is 6.48. The zero-order chi connectivity index (χ0) is 16.4. The fraction of sp³-hybridized carbons (Fsp3) is 0.286. The molecule has 118 valence electrons. The number of rotatable bonds is 5. The smallest absolute Gasteiger partial charge is 0.324 e. The third kappa shape index (κ3) is 3.57. The number of nitriles is 1. The number of H-pyrrole nitrogens is 1. The van der Waals surface area contributed by atoms with E-state index in [1.54, 1.807) is 16.7 Å². The molecule has 1 aliphatic rings. The first kappa shape index (κ1) is 15.6. The number of halogens is 1. The minimum Gasteiger partial charge on any atom is -0.324 e. The molecule has 1 aromatic heterocycles. The summed E-state index contributed by atoms with van der Waals surface area (Å²) in [5.74, 6) is -0.222. The SMILES string of the molecule is N#Cc1ccc(Cl)cc1NC(=O)CSc1n[nH]c(=O)n1C1CC1. The number of thioether (sulfide) groups is 1. The number of carbonyl (C=O) groups excluding carboxylic acids is 1. The number of carbonyl (C=O) groups is 1. The Kier molecular flexibility index (Phi) is 4.41. The molecular weight excluding hydrogens is 338 g/mol. The van der Waals surface area contributed by atoms with Crippen LogP contribution in [0.5, 0.6) is 0 Å². The lowest BCUT2D eigenvalue weighted by atomic mass is 10.2. The van der Waals surface area contributed by atoms with Gasteiger partial charge in [-0.15, -0.1) is 5.10 Å². The average molecular weight is 350 g/mol. The Balaban J connectivity index is 1.66. The highest BCUT2D eigenvalue weighted by Crippen LogP contribution is 2.36. The normalized spacial score (nSPS) is 13.6. The van der Waals surface area contributed by atoms with Crippen molar-refractivity contribution in [2.75, 3.05) is 11.1 Å². The summed E-state index contributed by atoms with van der Waals surface area (Å²) >= 11 is 7.05. The number of hydrogen-bond donors (Lipinski definition) is 2. The number of amides is 1. The molecule has 1 aliphatic carbocycles. The van der Waals surface area contributed by atoms with Crippen molar-refractivity contribution in [1.82, 2.24) is 14.8 Å². The second-order valence-corrected chi connectivity index (χ2v) is 6.43. The largest absolute Gasteiger partial charge is 0.344 e. The quantitative estimate of drug-likeness (QED) is 0.805. The molecule has 0 unspecified atom stereocenters. The van der Waals surface area contributed by atoms with E-state index in [1.165, 1.54) is 17.8 Å². The van der Waals surface area contributed by atoms with Crippen molar-refractivity contribution in [2.24, 2.45) is 0 Å². The molecule has 23 heavy (non-hydrogen) atoms. The molecule has 0 saturated heterocycles. The fourth-order valence-corrected chi connectivity index (χ4v) is 3.07. The van der Waals surface area contributed by atoms with Gasteiger partial charge in [0.2, 0.25) is 5.91 Å². The van der Waals surface area contributed by atoms with Gasteiger partial charge in [0, 0.05) is 11.1 Å². The van der Waals surface area contributed by atoms with E-state index >= 15 is 0 Å². The van der Waals surface area contributed by atoms with E-state index < -0.39 is 0 Å². The fourth-order valence-electron chi connectivity index (χ4n) is 2.08. The van der Waals surface area contributed by atoms with Crippen molar-refractivity contribution < 1.29 is 4.79 Å². The van der Waals surface area contributed by atoms with Crippen molar-refractivity contribution in [2.45, 2.75) is 24.0 Å². The molecular formula is C14H12ClN5O2S. The molecule has 0 bridgehead atoms. The molecule has 0 radical (unpaired) electrons. The second-order valence-electron chi connectivity index (χ2n) is 5.05. The summed E-state index contributed by atoms with van der Waals surface area (Å²) in [4.78, 5) is 23.7. The summed E-state index contributed by atoms with van der Waals surface area (Å²) < 4.78 is 1.58. The van der Waals surface area contributed by atoms with Crippen LogP contribution in [0.1, 0.15) is 24.4 Å². The number of anilines is 1. The van der Waals surface area contributed by atoms with E-state index in [9.17, 15) is 9.59 Å². The highest BCUT2D eigenvalue weighted by molar-refractivity contribution is 7.99. The lowest BCUT2D eigenvalue weighted by Crippen LogP contribution is -2.18. The molecule has 1 amide bonds. The Hall–Kier alpha value is -2.24. The van der Waals surface area contributed by atoms with Gasteiger partial charge in [-0.25, -0.2) is 9.89 Å². The van der Waals surface area contributed by atoms with Gasteiger partial charge in [-0.05, 0) is 31.0 Å². The molecule has 2 aromatic rings. The first-order chi connectivity index (χ1) is 11.1. The van der Waals surface area contributed by atoms with Crippen molar-refractivity contribution in [3.05, 3.63) is 39.3 Å². The van der Waals surface area contributed by atoms with Gasteiger partial charge in [-0.3, -0.25) is 9.36 Å². The van der Waals surface area contributed by atoms with Crippen LogP contribution in [0.3, 0.4) is 0 Å². The minimum absolute atomic E-state index is 0.0778. The molecule has 0 aliphatic heterocycles. The summed E-state index contributed by atoms with van der Waals surface area (Å²) in [7, 11) is 0.